The zero-order chi connectivity index (χ0) is 13.2. The Labute approximate surface area is 106 Å². The Hall–Kier alpha value is -1.09. The predicted molar refractivity (Wildman–Crippen MR) is 65.7 cm³/mol. The Kier molecular flexibility index (Phi) is 4.15. The Bertz CT molecular complexity index is 424. The summed E-state index contributed by atoms with van der Waals surface area (Å²) >= 11 is 5.93. The molecule has 1 aromatic rings. The molecule has 0 saturated carbocycles. The lowest BCUT2D eigenvalue weighted by Crippen LogP contribution is -2.27. The molecule has 2 nitrogen and oxygen atoms in total. The van der Waals surface area contributed by atoms with Crippen LogP contribution >= 0.6 is 11.6 Å². The van der Waals surface area contributed by atoms with Gasteiger partial charge >= 0.3 is 5.97 Å². The molecule has 1 aromatic carbocycles. The number of carbonyl (C=O) groups is 1. The highest BCUT2D eigenvalue weighted by Crippen LogP contribution is 2.27. The third kappa shape index (κ3) is 4.00. The SMILES string of the molecule is CC(C(=O)OC(C)(C)C)c1cc(F)ccc1Cl. The first-order valence-corrected chi connectivity index (χ1v) is 5.76. The van der Waals surface area contributed by atoms with E-state index in [0.29, 0.717) is 10.6 Å². The average Bonchev–Trinajstić information content (AvgIpc) is 2.18. The normalized spacial score (nSPS) is 13.3. The van der Waals surface area contributed by atoms with Crippen LogP contribution in [-0.2, 0) is 9.53 Å². The molecule has 0 aliphatic carbocycles. The number of carbonyl (C=O) groups excluding carboxylic acids is 1. The number of halogens is 2. The van der Waals surface area contributed by atoms with Crippen LogP contribution in [0.15, 0.2) is 18.2 Å². The van der Waals surface area contributed by atoms with Crippen molar-refractivity contribution in [2.75, 3.05) is 0 Å². The molecule has 1 unspecified atom stereocenters. The van der Waals surface area contributed by atoms with Crippen molar-refractivity contribution in [3.8, 4) is 0 Å². The van der Waals surface area contributed by atoms with Gasteiger partial charge in [0.2, 0.25) is 0 Å². The fourth-order valence-electron chi connectivity index (χ4n) is 1.36. The van der Waals surface area contributed by atoms with E-state index >= 15 is 0 Å². The van der Waals surface area contributed by atoms with E-state index in [2.05, 4.69) is 0 Å². The predicted octanol–water partition coefficient (Wildman–Crippen LogP) is 3.92. The van der Waals surface area contributed by atoms with Crippen molar-refractivity contribution in [3.05, 3.63) is 34.6 Å². The summed E-state index contributed by atoms with van der Waals surface area (Å²) in [5.74, 6) is -1.41. The molecular weight excluding hydrogens is 243 g/mol. The topological polar surface area (TPSA) is 26.3 Å². The number of esters is 1. The number of hydrogen-bond acceptors (Lipinski definition) is 2. The van der Waals surface area contributed by atoms with E-state index in [1.165, 1.54) is 18.2 Å². The molecule has 0 heterocycles. The van der Waals surface area contributed by atoms with E-state index in [-0.39, 0.29) is 0 Å². The fraction of sp³-hybridized carbons (Fsp3) is 0.462. The Balaban J connectivity index is 2.92. The summed E-state index contributed by atoms with van der Waals surface area (Å²) in [6, 6.07) is 3.96. The van der Waals surface area contributed by atoms with Crippen molar-refractivity contribution in [2.45, 2.75) is 39.2 Å². The third-order valence-corrected chi connectivity index (χ3v) is 2.53. The first-order chi connectivity index (χ1) is 7.70. The van der Waals surface area contributed by atoms with Crippen LogP contribution in [0.3, 0.4) is 0 Å². The van der Waals surface area contributed by atoms with E-state index in [4.69, 9.17) is 16.3 Å². The van der Waals surface area contributed by atoms with Gasteiger partial charge in [-0.15, -0.1) is 0 Å². The van der Waals surface area contributed by atoms with Crippen LogP contribution in [0.2, 0.25) is 5.02 Å². The lowest BCUT2D eigenvalue weighted by atomic mass is 10.0. The highest BCUT2D eigenvalue weighted by molar-refractivity contribution is 6.31. The molecule has 0 aliphatic rings. The van der Waals surface area contributed by atoms with Crippen LogP contribution in [0, 0.1) is 5.82 Å². The number of benzene rings is 1. The second kappa shape index (κ2) is 5.05. The van der Waals surface area contributed by atoms with Gasteiger partial charge < -0.3 is 4.74 Å². The van der Waals surface area contributed by atoms with E-state index in [1.54, 1.807) is 27.7 Å². The summed E-state index contributed by atoms with van der Waals surface area (Å²) in [5.41, 5.74) is -0.119. The summed E-state index contributed by atoms with van der Waals surface area (Å²) in [7, 11) is 0. The van der Waals surface area contributed by atoms with Crippen LogP contribution < -0.4 is 0 Å². The minimum absolute atomic E-state index is 0.366. The summed E-state index contributed by atoms with van der Waals surface area (Å²) in [6.45, 7) is 7.00. The van der Waals surface area contributed by atoms with Crippen molar-refractivity contribution in [1.82, 2.24) is 0 Å². The quantitative estimate of drug-likeness (QED) is 0.752. The largest absolute Gasteiger partial charge is 0.460 e. The van der Waals surface area contributed by atoms with E-state index in [9.17, 15) is 9.18 Å². The third-order valence-electron chi connectivity index (χ3n) is 2.18. The Morgan fingerprint density at radius 2 is 2.00 bits per heavy atom. The standard InChI is InChI=1S/C13H16ClFO2/c1-8(12(16)17-13(2,3)4)10-7-9(15)5-6-11(10)14/h5-8H,1-4H3. The smallest absolute Gasteiger partial charge is 0.313 e. The zero-order valence-corrected chi connectivity index (χ0v) is 11.1. The minimum atomic E-state index is -0.586. The highest BCUT2D eigenvalue weighted by atomic mass is 35.5. The van der Waals surface area contributed by atoms with Crippen LogP contribution in [0.4, 0.5) is 4.39 Å². The maximum atomic E-state index is 13.1. The van der Waals surface area contributed by atoms with Gasteiger partial charge in [0.15, 0.2) is 0 Å². The van der Waals surface area contributed by atoms with Crippen molar-refractivity contribution in [2.24, 2.45) is 0 Å². The second-order valence-electron chi connectivity index (χ2n) is 4.92. The molecule has 0 amide bonds. The monoisotopic (exact) mass is 258 g/mol. The van der Waals surface area contributed by atoms with E-state index < -0.39 is 23.3 Å². The van der Waals surface area contributed by atoms with Gasteiger partial charge in [0.1, 0.15) is 11.4 Å². The van der Waals surface area contributed by atoms with Gasteiger partial charge in [0.05, 0.1) is 5.92 Å². The number of rotatable bonds is 2. The van der Waals surface area contributed by atoms with Gasteiger partial charge in [-0.3, -0.25) is 4.79 Å². The van der Waals surface area contributed by atoms with E-state index in [1.807, 2.05) is 0 Å². The van der Waals surface area contributed by atoms with Gasteiger partial charge in [-0.05, 0) is 51.5 Å². The van der Waals surface area contributed by atoms with Crippen LogP contribution in [0.25, 0.3) is 0 Å². The molecule has 94 valence electrons. The van der Waals surface area contributed by atoms with Gasteiger partial charge in [-0.1, -0.05) is 11.6 Å². The van der Waals surface area contributed by atoms with Gasteiger partial charge in [-0.25, -0.2) is 4.39 Å². The van der Waals surface area contributed by atoms with Crippen molar-refractivity contribution < 1.29 is 13.9 Å². The first-order valence-electron chi connectivity index (χ1n) is 5.38. The molecule has 0 N–H and O–H groups in total. The summed E-state index contributed by atoms with van der Waals surface area (Å²) in [5, 5.41) is 0.366. The molecule has 0 fully saturated rings. The highest BCUT2D eigenvalue weighted by Gasteiger charge is 2.24. The minimum Gasteiger partial charge on any atom is -0.460 e. The molecule has 17 heavy (non-hydrogen) atoms. The van der Waals surface area contributed by atoms with Crippen LogP contribution in [0.1, 0.15) is 39.2 Å². The van der Waals surface area contributed by atoms with Gasteiger partial charge in [-0.2, -0.15) is 0 Å². The van der Waals surface area contributed by atoms with Gasteiger partial charge in [0, 0.05) is 5.02 Å². The molecular formula is C13H16ClFO2. The van der Waals surface area contributed by atoms with Gasteiger partial charge in [0.25, 0.3) is 0 Å². The molecule has 0 saturated heterocycles. The maximum absolute atomic E-state index is 13.1. The van der Waals surface area contributed by atoms with Crippen molar-refractivity contribution in [1.29, 1.82) is 0 Å². The number of ether oxygens (including phenoxy) is 1. The van der Waals surface area contributed by atoms with Crippen LogP contribution in [0.5, 0.6) is 0 Å². The summed E-state index contributed by atoms with van der Waals surface area (Å²) in [6.07, 6.45) is 0. The Morgan fingerprint density at radius 3 is 2.53 bits per heavy atom. The summed E-state index contributed by atoms with van der Waals surface area (Å²) in [4.78, 5) is 11.8. The molecule has 0 radical (unpaired) electrons. The summed E-state index contributed by atoms with van der Waals surface area (Å²) < 4.78 is 18.3. The second-order valence-corrected chi connectivity index (χ2v) is 5.33. The van der Waals surface area contributed by atoms with Crippen molar-refractivity contribution >= 4 is 17.6 Å². The molecule has 0 bridgehead atoms. The Morgan fingerprint density at radius 1 is 1.41 bits per heavy atom. The molecule has 1 atom stereocenters. The lowest BCUT2D eigenvalue weighted by molar-refractivity contribution is -0.156. The lowest BCUT2D eigenvalue weighted by Gasteiger charge is -2.22. The molecule has 0 spiro atoms. The molecule has 1 rings (SSSR count). The maximum Gasteiger partial charge on any atom is 0.313 e. The molecule has 0 aromatic heterocycles. The fourth-order valence-corrected chi connectivity index (χ4v) is 1.64. The first kappa shape index (κ1) is 14.0. The average molecular weight is 259 g/mol. The zero-order valence-electron chi connectivity index (χ0n) is 10.4. The van der Waals surface area contributed by atoms with Crippen LogP contribution in [-0.4, -0.2) is 11.6 Å². The number of hydrogen-bond donors (Lipinski definition) is 0. The van der Waals surface area contributed by atoms with Crippen molar-refractivity contribution in [3.63, 3.8) is 0 Å². The van der Waals surface area contributed by atoms with E-state index in [0.717, 1.165) is 0 Å². The molecule has 4 heteroatoms. The molecule has 0 aliphatic heterocycles.